The highest BCUT2D eigenvalue weighted by Gasteiger charge is 2.20. The summed E-state index contributed by atoms with van der Waals surface area (Å²) < 4.78 is 0.251. The molecule has 0 radical (unpaired) electrons. The van der Waals surface area contributed by atoms with Gasteiger partial charge < -0.3 is 5.11 Å². The molecule has 0 aliphatic rings. The number of aliphatic hydroxyl groups excluding tert-OH is 1. The lowest BCUT2D eigenvalue weighted by Gasteiger charge is -2.26. The van der Waals surface area contributed by atoms with Gasteiger partial charge >= 0.3 is 0 Å². The van der Waals surface area contributed by atoms with Gasteiger partial charge in [-0.25, -0.2) is 0 Å². The number of aliphatic hydroxyl groups is 1. The largest absolute Gasteiger partial charge is 0.396 e. The van der Waals surface area contributed by atoms with Crippen LogP contribution in [0.2, 0.25) is 0 Å². The topological polar surface area (TPSA) is 20.2 Å². The second-order valence-electron chi connectivity index (χ2n) is 3.95. The van der Waals surface area contributed by atoms with Gasteiger partial charge in [0.2, 0.25) is 0 Å². The maximum atomic E-state index is 8.91. The third-order valence-corrected chi connectivity index (χ3v) is 3.75. The molecule has 0 aliphatic carbocycles. The Morgan fingerprint density at radius 1 is 1.38 bits per heavy atom. The standard InChI is InChI=1S/C11H22OS/c1-10(2)6-5-7-11(3,13-4)8-9-12/h6,12H,5,7-9H2,1-4H3. The summed E-state index contributed by atoms with van der Waals surface area (Å²) in [5.41, 5.74) is 1.38. The van der Waals surface area contributed by atoms with Crippen LogP contribution < -0.4 is 0 Å². The van der Waals surface area contributed by atoms with Gasteiger partial charge in [-0.15, -0.1) is 0 Å². The number of hydrogen-bond acceptors (Lipinski definition) is 2. The van der Waals surface area contributed by atoms with Gasteiger partial charge in [0.15, 0.2) is 0 Å². The average molecular weight is 202 g/mol. The second-order valence-corrected chi connectivity index (χ2v) is 5.34. The summed E-state index contributed by atoms with van der Waals surface area (Å²) in [6.07, 6.45) is 7.56. The van der Waals surface area contributed by atoms with Crippen molar-refractivity contribution in [2.75, 3.05) is 12.9 Å². The summed E-state index contributed by atoms with van der Waals surface area (Å²) in [5, 5.41) is 8.91. The summed E-state index contributed by atoms with van der Waals surface area (Å²) in [6, 6.07) is 0. The summed E-state index contributed by atoms with van der Waals surface area (Å²) in [5.74, 6) is 0. The van der Waals surface area contributed by atoms with Gasteiger partial charge in [0.1, 0.15) is 0 Å². The van der Waals surface area contributed by atoms with Gasteiger partial charge in [-0.3, -0.25) is 0 Å². The van der Waals surface area contributed by atoms with Crippen LogP contribution in [0.5, 0.6) is 0 Å². The van der Waals surface area contributed by atoms with Crippen LogP contribution in [0, 0.1) is 0 Å². The van der Waals surface area contributed by atoms with E-state index in [1.54, 1.807) is 0 Å². The van der Waals surface area contributed by atoms with Crippen molar-refractivity contribution in [1.29, 1.82) is 0 Å². The molecule has 1 unspecified atom stereocenters. The van der Waals surface area contributed by atoms with Crippen LogP contribution >= 0.6 is 11.8 Å². The van der Waals surface area contributed by atoms with Crippen molar-refractivity contribution in [3.8, 4) is 0 Å². The van der Waals surface area contributed by atoms with Crippen molar-refractivity contribution in [1.82, 2.24) is 0 Å². The van der Waals surface area contributed by atoms with Crippen molar-refractivity contribution in [3.05, 3.63) is 11.6 Å². The van der Waals surface area contributed by atoms with E-state index in [0.717, 1.165) is 19.3 Å². The first-order valence-electron chi connectivity index (χ1n) is 4.83. The molecule has 0 aromatic rings. The van der Waals surface area contributed by atoms with Crippen LogP contribution in [-0.4, -0.2) is 22.7 Å². The second kappa shape index (κ2) is 6.50. The zero-order chi connectivity index (χ0) is 10.3. The Morgan fingerprint density at radius 3 is 2.38 bits per heavy atom. The average Bonchev–Trinajstić information content (AvgIpc) is 2.04. The first-order chi connectivity index (χ1) is 6.04. The van der Waals surface area contributed by atoms with E-state index in [2.05, 4.69) is 33.1 Å². The van der Waals surface area contributed by atoms with Gasteiger partial charge in [-0.2, -0.15) is 11.8 Å². The maximum Gasteiger partial charge on any atom is 0.0444 e. The molecule has 1 nitrogen and oxygen atoms in total. The Kier molecular flexibility index (Phi) is 6.52. The Labute approximate surface area is 86.6 Å². The van der Waals surface area contributed by atoms with E-state index in [9.17, 15) is 0 Å². The summed E-state index contributed by atoms with van der Waals surface area (Å²) in [6.45, 7) is 6.78. The molecule has 0 amide bonds. The van der Waals surface area contributed by atoms with E-state index in [-0.39, 0.29) is 4.75 Å². The molecule has 13 heavy (non-hydrogen) atoms. The van der Waals surface area contributed by atoms with Crippen LogP contribution in [0.25, 0.3) is 0 Å². The number of allylic oxidation sites excluding steroid dienone is 2. The molecule has 0 spiro atoms. The summed E-state index contributed by atoms with van der Waals surface area (Å²) in [4.78, 5) is 0. The molecule has 0 saturated heterocycles. The molecule has 78 valence electrons. The van der Waals surface area contributed by atoms with Crippen LogP contribution in [0.4, 0.5) is 0 Å². The normalized spacial score (nSPS) is 15.2. The predicted octanol–water partition coefficient (Wildman–Crippen LogP) is 3.24. The predicted molar refractivity (Wildman–Crippen MR) is 62.3 cm³/mol. The third kappa shape index (κ3) is 6.17. The smallest absolute Gasteiger partial charge is 0.0444 e. The van der Waals surface area contributed by atoms with Crippen molar-refractivity contribution in [3.63, 3.8) is 0 Å². The SMILES string of the molecule is CSC(C)(CCO)CCC=C(C)C. The minimum Gasteiger partial charge on any atom is -0.396 e. The van der Waals surface area contributed by atoms with Gasteiger partial charge in [0, 0.05) is 11.4 Å². The molecule has 1 N–H and O–H groups in total. The van der Waals surface area contributed by atoms with Crippen LogP contribution in [0.3, 0.4) is 0 Å². The highest BCUT2D eigenvalue weighted by Crippen LogP contribution is 2.31. The highest BCUT2D eigenvalue weighted by atomic mass is 32.2. The molecule has 0 fully saturated rings. The van der Waals surface area contributed by atoms with Gasteiger partial charge in [-0.05, 0) is 39.4 Å². The van der Waals surface area contributed by atoms with Crippen LogP contribution in [0.1, 0.15) is 40.0 Å². The van der Waals surface area contributed by atoms with Gasteiger partial charge in [-0.1, -0.05) is 18.6 Å². The third-order valence-electron chi connectivity index (χ3n) is 2.36. The lowest BCUT2D eigenvalue weighted by Crippen LogP contribution is -2.20. The quantitative estimate of drug-likeness (QED) is 0.667. The summed E-state index contributed by atoms with van der Waals surface area (Å²) >= 11 is 1.86. The van der Waals surface area contributed by atoms with E-state index >= 15 is 0 Å². The molecule has 0 aliphatic heterocycles. The molecular weight excluding hydrogens is 180 g/mol. The molecule has 0 bridgehead atoms. The molecular formula is C11H22OS. The molecule has 0 aromatic carbocycles. The molecule has 1 atom stereocenters. The fourth-order valence-corrected chi connectivity index (χ4v) is 1.85. The van der Waals surface area contributed by atoms with Crippen LogP contribution in [-0.2, 0) is 0 Å². The van der Waals surface area contributed by atoms with Crippen molar-refractivity contribution in [2.45, 2.75) is 44.8 Å². The lowest BCUT2D eigenvalue weighted by atomic mass is 10.0. The first kappa shape index (κ1) is 13.1. The van der Waals surface area contributed by atoms with Crippen molar-refractivity contribution in [2.24, 2.45) is 0 Å². The van der Waals surface area contributed by atoms with Gasteiger partial charge in [0.25, 0.3) is 0 Å². The highest BCUT2D eigenvalue weighted by molar-refractivity contribution is 7.99. The monoisotopic (exact) mass is 202 g/mol. The molecule has 2 heteroatoms. The number of thioether (sulfide) groups is 1. The summed E-state index contributed by atoms with van der Waals surface area (Å²) in [7, 11) is 0. The zero-order valence-corrected chi connectivity index (χ0v) is 10.1. The zero-order valence-electron chi connectivity index (χ0n) is 9.26. The number of hydrogen-bond donors (Lipinski definition) is 1. The van der Waals surface area contributed by atoms with Crippen molar-refractivity contribution < 1.29 is 5.11 Å². The minimum absolute atomic E-state index is 0.251. The number of rotatable bonds is 6. The first-order valence-corrected chi connectivity index (χ1v) is 6.06. The van der Waals surface area contributed by atoms with E-state index in [4.69, 9.17) is 5.11 Å². The van der Waals surface area contributed by atoms with E-state index < -0.39 is 0 Å². The molecule has 0 saturated carbocycles. The fraction of sp³-hybridized carbons (Fsp3) is 0.818. The molecule has 0 rings (SSSR count). The van der Waals surface area contributed by atoms with Gasteiger partial charge in [0.05, 0.1) is 0 Å². The Hall–Kier alpha value is 0.0500. The van der Waals surface area contributed by atoms with E-state index in [1.807, 2.05) is 11.8 Å². The Bertz CT molecular complexity index is 161. The molecule has 0 heterocycles. The Balaban J connectivity index is 3.90. The molecule has 0 aromatic heterocycles. The van der Waals surface area contributed by atoms with Crippen molar-refractivity contribution >= 4 is 11.8 Å². The lowest BCUT2D eigenvalue weighted by molar-refractivity contribution is 0.269. The Morgan fingerprint density at radius 2 is 2.00 bits per heavy atom. The fourth-order valence-electron chi connectivity index (χ4n) is 1.23. The minimum atomic E-state index is 0.251. The van der Waals surface area contributed by atoms with Crippen LogP contribution in [0.15, 0.2) is 11.6 Å². The maximum absolute atomic E-state index is 8.91. The van der Waals surface area contributed by atoms with E-state index in [0.29, 0.717) is 6.61 Å². The van der Waals surface area contributed by atoms with E-state index in [1.165, 1.54) is 5.57 Å².